The summed E-state index contributed by atoms with van der Waals surface area (Å²) in [6.07, 6.45) is 4.24. The average molecular weight is 578 g/mol. The van der Waals surface area contributed by atoms with Gasteiger partial charge in [-0.05, 0) is 57.7 Å². The topological polar surface area (TPSA) is 88.6 Å². The van der Waals surface area contributed by atoms with Crippen LogP contribution in [0.3, 0.4) is 0 Å². The van der Waals surface area contributed by atoms with E-state index in [-0.39, 0.29) is 36.5 Å². The third kappa shape index (κ3) is 6.99. The van der Waals surface area contributed by atoms with E-state index in [0.717, 1.165) is 30.5 Å². The van der Waals surface area contributed by atoms with Gasteiger partial charge in [0.25, 0.3) is 0 Å². The number of piperidine rings is 2. The Morgan fingerprint density at radius 2 is 1.60 bits per heavy atom. The highest BCUT2D eigenvalue weighted by molar-refractivity contribution is 5.97. The van der Waals surface area contributed by atoms with E-state index in [9.17, 15) is 14.4 Å². The number of carbonyl (C=O) groups is 3. The molecular weight excluding hydrogens is 534 g/mol. The molecule has 9 heteroatoms. The zero-order valence-electron chi connectivity index (χ0n) is 25.3. The van der Waals surface area contributed by atoms with E-state index in [2.05, 4.69) is 6.07 Å². The maximum absolute atomic E-state index is 13.3. The van der Waals surface area contributed by atoms with Crippen molar-refractivity contribution < 1.29 is 28.6 Å². The van der Waals surface area contributed by atoms with Crippen molar-refractivity contribution in [3.63, 3.8) is 0 Å². The van der Waals surface area contributed by atoms with Crippen LogP contribution in [0.2, 0.25) is 0 Å². The molecule has 3 aliphatic heterocycles. The van der Waals surface area contributed by atoms with Crippen LogP contribution in [0.1, 0.15) is 64.0 Å². The SMILES string of the molecule is COc1cc(OC2CCN(C(=O)OC(C)(C)C)CC2)ccc1CC(=O)N1CCC(N2C(=O)CCc3ccccc32)CC1. The normalized spacial score (nSPS) is 18.5. The first-order valence-corrected chi connectivity index (χ1v) is 15.1. The smallest absolute Gasteiger partial charge is 0.410 e. The molecule has 2 aromatic carbocycles. The van der Waals surface area contributed by atoms with E-state index < -0.39 is 5.60 Å². The number of anilines is 1. The van der Waals surface area contributed by atoms with Gasteiger partial charge in [-0.25, -0.2) is 4.79 Å². The molecule has 0 radical (unpaired) electrons. The summed E-state index contributed by atoms with van der Waals surface area (Å²) in [6.45, 7) is 8.02. The van der Waals surface area contributed by atoms with Crippen LogP contribution in [-0.4, -0.2) is 78.7 Å². The summed E-state index contributed by atoms with van der Waals surface area (Å²) in [6, 6.07) is 13.9. The molecule has 3 heterocycles. The molecule has 3 amide bonds. The van der Waals surface area contributed by atoms with Gasteiger partial charge in [-0.15, -0.1) is 0 Å². The molecule has 0 N–H and O–H groups in total. The number of ether oxygens (including phenoxy) is 3. The van der Waals surface area contributed by atoms with Crippen LogP contribution in [0.15, 0.2) is 42.5 Å². The van der Waals surface area contributed by atoms with Gasteiger partial charge in [0.2, 0.25) is 11.8 Å². The first-order valence-electron chi connectivity index (χ1n) is 15.1. The number of para-hydroxylation sites is 1. The van der Waals surface area contributed by atoms with Crippen LogP contribution in [0.25, 0.3) is 0 Å². The Morgan fingerprint density at radius 3 is 2.29 bits per heavy atom. The van der Waals surface area contributed by atoms with Gasteiger partial charge in [-0.2, -0.15) is 0 Å². The summed E-state index contributed by atoms with van der Waals surface area (Å²) in [7, 11) is 1.60. The predicted molar refractivity (Wildman–Crippen MR) is 160 cm³/mol. The van der Waals surface area contributed by atoms with Crippen molar-refractivity contribution in [1.29, 1.82) is 0 Å². The summed E-state index contributed by atoms with van der Waals surface area (Å²) in [5, 5.41) is 0. The van der Waals surface area contributed by atoms with Crippen LogP contribution in [-0.2, 0) is 27.2 Å². The number of methoxy groups -OCH3 is 1. The van der Waals surface area contributed by atoms with Gasteiger partial charge < -0.3 is 28.9 Å². The highest BCUT2D eigenvalue weighted by atomic mass is 16.6. The van der Waals surface area contributed by atoms with Crippen molar-refractivity contribution in [1.82, 2.24) is 9.80 Å². The Morgan fingerprint density at radius 1 is 0.905 bits per heavy atom. The van der Waals surface area contributed by atoms with Crippen molar-refractivity contribution in [3.05, 3.63) is 53.6 Å². The lowest BCUT2D eigenvalue weighted by Crippen LogP contribution is -2.50. The lowest BCUT2D eigenvalue weighted by atomic mass is 9.95. The monoisotopic (exact) mass is 577 g/mol. The summed E-state index contributed by atoms with van der Waals surface area (Å²) in [5.74, 6) is 1.54. The van der Waals surface area contributed by atoms with Crippen LogP contribution < -0.4 is 14.4 Å². The first kappa shape index (κ1) is 29.7. The Hall–Kier alpha value is -3.75. The van der Waals surface area contributed by atoms with Gasteiger partial charge >= 0.3 is 6.09 Å². The largest absolute Gasteiger partial charge is 0.496 e. The van der Waals surface area contributed by atoms with Crippen molar-refractivity contribution in [2.24, 2.45) is 0 Å². The molecule has 0 aliphatic carbocycles. The molecular formula is C33H43N3O6. The Balaban J connectivity index is 1.13. The number of amides is 3. The highest BCUT2D eigenvalue weighted by Gasteiger charge is 2.34. The molecule has 226 valence electrons. The molecule has 0 unspecified atom stereocenters. The molecule has 5 rings (SSSR count). The number of nitrogens with zero attached hydrogens (tertiary/aromatic N) is 3. The zero-order valence-corrected chi connectivity index (χ0v) is 25.3. The lowest BCUT2D eigenvalue weighted by Gasteiger charge is -2.41. The minimum absolute atomic E-state index is 0.0130. The third-order valence-electron chi connectivity index (χ3n) is 8.31. The van der Waals surface area contributed by atoms with Crippen molar-refractivity contribution in [2.45, 2.75) is 83.5 Å². The van der Waals surface area contributed by atoms with E-state index >= 15 is 0 Å². The first-order chi connectivity index (χ1) is 20.1. The van der Waals surface area contributed by atoms with Gasteiger partial charge in [-0.1, -0.05) is 24.3 Å². The van der Waals surface area contributed by atoms with Crippen LogP contribution >= 0.6 is 0 Å². The van der Waals surface area contributed by atoms with Gasteiger partial charge in [-0.3, -0.25) is 9.59 Å². The number of hydrogen-bond acceptors (Lipinski definition) is 6. The minimum atomic E-state index is -0.513. The number of carbonyl (C=O) groups excluding carboxylic acids is 3. The van der Waals surface area contributed by atoms with Crippen molar-refractivity contribution in [3.8, 4) is 11.5 Å². The minimum Gasteiger partial charge on any atom is -0.496 e. The maximum atomic E-state index is 13.3. The molecule has 2 saturated heterocycles. The number of fused-ring (bicyclic) bond motifs is 1. The molecule has 2 aromatic rings. The fraction of sp³-hybridized carbons (Fsp3) is 0.545. The molecule has 3 aliphatic rings. The number of hydrogen-bond donors (Lipinski definition) is 0. The molecule has 0 bridgehead atoms. The number of benzene rings is 2. The standard InChI is InChI=1S/C33H43N3O6/c1-33(2,3)42-32(39)35-19-15-26(16-20-35)41-27-11-9-24(29(22-27)40-4)21-31(38)34-17-13-25(14-18-34)36-28-8-6-5-7-23(28)10-12-30(36)37/h5-9,11,22,25-26H,10,12-21H2,1-4H3. The predicted octanol–water partition coefficient (Wildman–Crippen LogP) is 4.99. The van der Waals surface area contributed by atoms with Gasteiger partial charge in [0.1, 0.15) is 23.2 Å². The maximum Gasteiger partial charge on any atom is 0.410 e. The zero-order chi connectivity index (χ0) is 29.9. The van der Waals surface area contributed by atoms with Crippen molar-refractivity contribution in [2.75, 3.05) is 38.2 Å². The van der Waals surface area contributed by atoms with Gasteiger partial charge in [0.15, 0.2) is 0 Å². The third-order valence-corrected chi connectivity index (χ3v) is 8.31. The summed E-state index contributed by atoms with van der Waals surface area (Å²) in [5.41, 5.74) is 2.55. The highest BCUT2D eigenvalue weighted by Crippen LogP contribution is 2.33. The number of aryl methyl sites for hydroxylation is 1. The molecule has 42 heavy (non-hydrogen) atoms. The second kappa shape index (κ2) is 12.6. The van der Waals surface area contributed by atoms with Crippen LogP contribution in [0.5, 0.6) is 11.5 Å². The molecule has 0 atom stereocenters. The fourth-order valence-electron chi connectivity index (χ4n) is 6.12. The van der Waals surface area contributed by atoms with Gasteiger partial charge in [0, 0.05) is 68.8 Å². The van der Waals surface area contributed by atoms with Crippen molar-refractivity contribution >= 4 is 23.6 Å². The van der Waals surface area contributed by atoms with E-state index in [1.165, 1.54) is 5.56 Å². The quantitative estimate of drug-likeness (QED) is 0.481. The molecule has 9 nitrogen and oxygen atoms in total. The van der Waals surface area contributed by atoms with Gasteiger partial charge in [0.05, 0.1) is 13.5 Å². The second-order valence-electron chi connectivity index (χ2n) is 12.4. The Kier molecular flexibility index (Phi) is 8.94. The summed E-state index contributed by atoms with van der Waals surface area (Å²) < 4.78 is 17.3. The molecule has 0 saturated carbocycles. The lowest BCUT2D eigenvalue weighted by molar-refractivity contribution is -0.131. The second-order valence-corrected chi connectivity index (χ2v) is 12.4. The summed E-state index contributed by atoms with van der Waals surface area (Å²) >= 11 is 0. The molecule has 2 fully saturated rings. The molecule has 0 spiro atoms. The van der Waals surface area contributed by atoms with E-state index in [4.69, 9.17) is 14.2 Å². The van der Waals surface area contributed by atoms with Crippen LogP contribution in [0, 0.1) is 0 Å². The number of likely N-dealkylation sites (tertiary alicyclic amines) is 2. The van der Waals surface area contributed by atoms with E-state index in [1.807, 2.05) is 67.0 Å². The van der Waals surface area contributed by atoms with Crippen LogP contribution in [0.4, 0.5) is 10.5 Å². The fourth-order valence-corrected chi connectivity index (χ4v) is 6.12. The molecule has 0 aromatic heterocycles. The van der Waals surface area contributed by atoms with E-state index in [1.54, 1.807) is 12.0 Å². The van der Waals surface area contributed by atoms with E-state index in [0.29, 0.717) is 56.9 Å². The average Bonchev–Trinajstić information content (AvgIpc) is 2.97. The summed E-state index contributed by atoms with van der Waals surface area (Å²) in [4.78, 5) is 44.1. The Bertz CT molecular complexity index is 1290. The number of rotatable bonds is 6. The Labute approximate surface area is 248 Å².